The van der Waals surface area contributed by atoms with Crippen LogP contribution in [0.1, 0.15) is 48.9 Å². The van der Waals surface area contributed by atoms with Gasteiger partial charge in [0.15, 0.2) is 0 Å². The Kier molecular flexibility index (Phi) is 5.70. The number of amides is 3. The molecule has 2 aromatic carbocycles. The number of fused-ring (bicyclic) bond motifs is 2. The van der Waals surface area contributed by atoms with Gasteiger partial charge in [-0.05, 0) is 30.2 Å². The highest BCUT2D eigenvalue weighted by atomic mass is 16.2. The van der Waals surface area contributed by atoms with Crippen LogP contribution in [0.25, 0.3) is 11.0 Å². The summed E-state index contributed by atoms with van der Waals surface area (Å²) in [7, 11) is 0. The predicted octanol–water partition coefficient (Wildman–Crippen LogP) is 2.91. The summed E-state index contributed by atoms with van der Waals surface area (Å²) in [4.78, 5) is 45.9. The van der Waals surface area contributed by atoms with Crippen molar-refractivity contribution in [3.05, 3.63) is 59.9 Å². The lowest BCUT2D eigenvalue weighted by Crippen LogP contribution is -2.45. The summed E-state index contributed by atoms with van der Waals surface area (Å²) < 4.78 is 0. The van der Waals surface area contributed by atoms with Gasteiger partial charge in [-0.1, -0.05) is 44.5 Å². The zero-order valence-electron chi connectivity index (χ0n) is 17.4. The summed E-state index contributed by atoms with van der Waals surface area (Å²) in [5, 5.41) is 8.39. The molecule has 0 radical (unpaired) electrons. The van der Waals surface area contributed by atoms with E-state index in [0.29, 0.717) is 17.1 Å². The Balaban J connectivity index is 1.50. The molecule has 3 atom stereocenters. The molecule has 3 amide bonds. The number of anilines is 1. The van der Waals surface area contributed by atoms with E-state index in [-0.39, 0.29) is 30.2 Å². The second-order valence-corrected chi connectivity index (χ2v) is 7.83. The Morgan fingerprint density at radius 3 is 2.65 bits per heavy atom. The third-order valence-electron chi connectivity index (χ3n) is 5.67. The summed E-state index contributed by atoms with van der Waals surface area (Å²) in [5.74, 6) is -0.353. The third kappa shape index (κ3) is 4.28. The first-order valence-electron chi connectivity index (χ1n) is 10.4. The zero-order chi connectivity index (χ0) is 22.0. The molecular formula is C23H25N5O3. The highest BCUT2D eigenvalue weighted by molar-refractivity contribution is 6.10. The number of H-pyrrole nitrogens is 1. The minimum Gasteiger partial charge on any atom is -0.346 e. The maximum Gasteiger partial charge on any atom is 0.254 e. The minimum absolute atomic E-state index is 0.117. The van der Waals surface area contributed by atoms with Crippen molar-refractivity contribution in [3.63, 3.8) is 0 Å². The van der Waals surface area contributed by atoms with Crippen LogP contribution in [0.15, 0.2) is 48.5 Å². The standard InChI is InChI=1S/C23H25N5O3/c1-3-13(2)20(21-24-16-10-6-7-11-17(16)25-21)28-19(29)12-18-23(31)26-15-9-5-4-8-14(15)22(30)27-18/h4-11,13,18,20H,3,12H2,1-2H3,(H,24,25)(H,26,31)(H,27,30)(H,28,29)/t13-,18?,20+/m1/s1. The van der Waals surface area contributed by atoms with E-state index in [0.717, 1.165) is 17.5 Å². The van der Waals surface area contributed by atoms with Gasteiger partial charge in [0.2, 0.25) is 11.8 Å². The maximum atomic E-state index is 12.9. The summed E-state index contributed by atoms with van der Waals surface area (Å²) in [6.45, 7) is 4.08. The monoisotopic (exact) mass is 419 g/mol. The Hall–Kier alpha value is -3.68. The van der Waals surface area contributed by atoms with Gasteiger partial charge in [0.05, 0.1) is 34.7 Å². The Labute approximate surface area is 179 Å². The number of nitrogens with one attached hydrogen (secondary N) is 4. The van der Waals surface area contributed by atoms with Crippen molar-refractivity contribution >= 4 is 34.4 Å². The normalized spacial score (nSPS) is 17.8. The van der Waals surface area contributed by atoms with E-state index in [1.165, 1.54) is 0 Å². The van der Waals surface area contributed by atoms with Crippen molar-refractivity contribution in [2.24, 2.45) is 5.92 Å². The maximum absolute atomic E-state index is 12.9. The molecule has 4 N–H and O–H groups in total. The van der Waals surface area contributed by atoms with Crippen LogP contribution in [0.2, 0.25) is 0 Å². The minimum atomic E-state index is -0.965. The SMILES string of the molecule is CC[C@@H](C)[C@H](NC(=O)CC1NC(=O)c2ccccc2NC1=O)c1nc2ccccc2[nH]1. The lowest BCUT2D eigenvalue weighted by molar-refractivity contribution is -0.126. The Bertz CT molecular complexity index is 1110. The molecule has 0 saturated heterocycles. The van der Waals surface area contributed by atoms with E-state index in [9.17, 15) is 14.4 Å². The Morgan fingerprint density at radius 1 is 1.13 bits per heavy atom. The van der Waals surface area contributed by atoms with E-state index in [2.05, 4.69) is 25.9 Å². The fraction of sp³-hybridized carbons (Fsp3) is 0.304. The van der Waals surface area contributed by atoms with Crippen molar-refractivity contribution in [1.29, 1.82) is 0 Å². The van der Waals surface area contributed by atoms with Crippen LogP contribution in [0.3, 0.4) is 0 Å². The fourth-order valence-electron chi connectivity index (χ4n) is 3.71. The summed E-state index contributed by atoms with van der Waals surface area (Å²) in [6, 6.07) is 13.1. The molecule has 1 unspecified atom stereocenters. The molecule has 1 aromatic heterocycles. The van der Waals surface area contributed by atoms with Gasteiger partial charge in [-0.25, -0.2) is 4.98 Å². The molecule has 0 saturated carbocycles. The van der Waals surface area contributed by atoms with Gasteiger partial charge in [-0.3, -0.25) is 14.4 Å². The van der Waals surface area contributed by atoms with Gasteiger partial charge in [0, 0.05) is 0 Å². The van der Waals surface area contributed by atoms with Gasteiger partial charge < -0.3 is 20.9 Å². The quantitative estimate of drug-likeness (QED) is 0.492. The van der Waals surface area contributed by atoms with Crippen LogP contribution >= 0.6 is 0 Å². The largest absolute Gasteiger partial charge is 0.346 e. The number of para-hydroxylation sites is 3. The molecule has 0 fully saturated rings. The summed E-state index contributed by atoms with van der Waals surface area (Å²) >= 11 is 0. The van der Waals surface area contributed by atoms with Crippen molar-refractivity contribution in [2.45, 2.75) is 38.8 Å². The number of hydrogen-bond acceptors (Lipinski definition) is 4. The smallest absolute Gasteiger partial charge is 0.254 e. The lowest BCUT2D eigenvalue weighted by atomic mass is 9.98. The van der Waals surface area contributed by atoms with E-state index in [1.807, 2.05) is 38.1 Å². The number of rotatable bonds is 6. The van der Waals surface area contributed by atoms with Crippen LogP contribution in [-0.4, -0.2) is 33.7 Å². The molecule has 0 bridgehead atoms. The summed E-state index contributed by atoms with van der Waals surface area (Å²) in [6.07, 6.45) is 0.663. The molecule has 3 aromatic rings. The molecule has 2 heterocycles. The van der Waals surface area contributed by atoms with E-state index >= 15 is 0 Å². The average molecular weight is 419 g/mol. The third-order valence-corrected chi connectivity index (χ3v) is 5.67. The number of hydrogen-bond donors (Lipinski definition) is 4. The number of aromatic nitrogens is 2. The molecule has 8 nitrogen and oxygen atoms in total. The summed E-state index contributed by atoms with van der Waals surface area (Å²) in [5.41, 5.74) is 2.53. The van der Waals surface area contributed by atoms with E-state index in [4.69, 9.17) is 0 Å². The average Bonchev–Trinajstić information content (AvgIpc) is 3.15. The second-order valence-electron chi connectivity index (χ2n) is 7.83. The number of carbonyl (C=O) groups excluding carboxylic acids is 3. The van der Waals surface area contributed by atoms with E-state index < -0.39 is 11.9 Å². The molecule has 0 spiro atoms. The molecule has 1 aliphatic rings. The Morgan fingerprint density at radius 2 is 1.87 bits per heavy atom. The molecule has 31 heavy (non-hydrogen) atoms. The van der Waals surface area contributed by atoms with Crippen LogP contribution in [0.5, 0.6) is 0 Å². The van der Waals surface area contributed by atoms with Crippen LogP contribution in [0.4, 0.5) is 5.69 Å². The predicted molar refractivity (Wildman–Crippen MR) is 117 cm³/mol. The first-order valence-corrected chi connectivity index (χ1v) is 10.4. The fourth-order valence-corrected chi connectivity index (χ4v) is 3.71. The second kappa shape index (κ2) is 8.59. The number of benzene rings is 2. The van der Waals surface area contributed by atoms with Gasteiger partial charge in [0.1, 0.15) is 11.9 Å². The van der Waals surface area contributed by atoms with E-state index in [1.54, 1.807) is 24.3 Å². The van der Waals surface area contributed by atoms with Crippen LogP contribution < -0.4 is 16.0 Å². The number of aromatic amines is 1. The first kappa shape index (κ1) is 20.6. The van der Waals surface area contributed by atoms with Crippen molar-refractivity contribution in [3.8, 4) is 0 Å². The number of imidazole rings is 1. The molecule has 8 heteroatoms. The first-order chi connectivity index (χ1) is 15.0. The molecular weight excluding hydrogens is 394 g/mol. The molecule has 4 rings (SSSR count). The molecule has 160 valence electrons. The molecule has 0 aliphatic carbocycles. The number of nitrogens with zero attached hydrogens (tertiary/aromatic N) is 1. The van der Waals surface area contributed by atoms with Crippen molar-refractivity contribution in [1.82, 2.24) is 20.6 Å². The van der Waals surface area contributed by atoms with Crippen molar-refractivity contribution < 1.29 is 14.4 Å². The van der Waals surface area contributed by atoms with Crippen molar-refractivity contribution in [2.75, 3.05) is 5.32 Å². The highest BCUT2D eigenvalue weighted by Gasteiger charge is 2.31. The van der Waals surface area contributed by atoms with Gasteiger partial charge in [-0.2, -0.15) is 0 Å². The molecule has 1 aliphatic heterocycles. The van der Waals surface area contributed by atoms with Crippen LogP contribution in [-0.2, 0) is 9.59 Å². The lowest BCUT2D eigenvalue weighted by Gasteiger charge is -2.23. The number of carbonyl (C=O) groups is 3. The highest BCUT2D eigenvalue weighted by Crippen LogP contribution is 2.25. The topological polar surface area (TPSA) is 116 Å². The zero-order valence-corrected chi connectivity index (χ0v) is 17.4. The van der Waals surface area contributed by atoms with Gasteiger partial charge in [-0.15, -0.1) is 0 Å². The van der Waals surface area contributed by atoms with Gasteiger partial charge in [0.25, 0.3) is 5.91 Å². The van der Waals surface area contributed by atoms with Crippen LogP contribution in [0, 0.1) is 5.92 Å². The van der Waals surface area contributed by atoms with Gasteiger partial charge >= 0.3 is 0 Å².